The van der Waals surface area contributed by atoms with Crippen molar-refractivity contribution in [2.45, 2.75) is 20.0 Å². The average molecular weight is 215 g/mol. The summed E-state index contributed by atoms with van der Waals surface area (Å²) in [5.41, 5.74) is 3.79. The number of hydrogen-bond acceptors (Lipinski definition) is 2. The number of benzene rings is 1. The second kappa shape index (κ2) is 4.94. The summed E-state index contributed by atoms with van der Waals surface area (Å²) in [5.74, 6) is 0. The zero-order chi connectivity index (χ0) is 11.4. The average Bonchev–Trinajstić information content (AvgIpc) is 2.68. The lowest BCUT2D eigenvalue weighted by Crippen LogP contribution is -2.06. The standard InChI is InChI=1S/C13H17N3/c1-11-7-8-15-16(11)10-13-5-3-12(4-6-13)9-14-2/h3-8,14H,9-10H2,1-2H3. The van der Waals surface area contributed by atoms with E-state index in [-0.39, 0.29) is 0 Å². The third-order valence-corrected chi connectivity index (χ3v) is 2.67. The molecule has 0 fully saturated rings. The van der Waals surface area contributed by atoms with E-state index in [1.165, 1.54) is 16.8 Å². The van der Waals surface area contributed by atoms with Gasteiger partial charge in [0.05, 0.1) is 6.54 Å². The Morgan fingerprint density at radius 2 is 1.81 bits per heavy atom. The summed E-state index contributed by atoms with van der Waals surface area (Å²) in [7, 11) is 1.96. The molecule has 3 nitrogen and oxygen atoms in total. The van der Waals surface area contributed by atoms with Crippen molar-refractivity contribution >= 4 is 0 Å². The van der Waals surface area contributed by atoms with Gasteiger partial charge in [-0.05, 0) is 31.2 Å². The van der Waals surface area contributed by atoms with Crippen molar-refractivity contribution in [3.8, 4) is 0 Å². The van der Waals surface area contributed by atoms with E-state index in [9.17, 15) is 0 Å². The molecule has 0 radical (unpaired) electrons. The fourth-order valence-corrected chi connectivity index (χ4v) is 1.70. The molecule has 0 aliphatic heterocycles. The SMILES string of the molecule is CNCc1ccc(Cn2nccc2C)cc1. The molecule has 0 aliphatic carbocycles. The van der Waals surface area contributed by atoms with Gasteiger partial charge in [-0.25, -0.2) is 0 Å². The van der Waals surface area contributed by atoms with Crippen molar-refractivity contribution < 1.29 is 0 Å². The van der Waals surface area contributed by atoms with Crippen molar-refractivity contribution in [3.05, 3.63) is 53.3 Å². The minimum Gasteiger partial charge on any atom is -0.316 e. The Bertz CT molecular complexity index is 442. The van der Waals surface area contributed by atoms with Crippen LogP contribution in [-0.2, 0) is 13.1 Å². The molecular formula is C13H17N3. The second-order valence-electron chi connectivity index (χ2n) is 3.98. The van der Waals surface area contributed by atoms with E-state index in [0.717, 1.165) is 13.1 Å². The number of hydrogen-bond donors (Lipinski definition) is 1. The Balaban J connectivity index is 2.08. The molecule has 2 rings (SSSR count). The van der Waals surface area contributed by atoms with E-state index in [2.05, 4.69) is 41.6 Å². The number of rotatable bonds is 4. The summed E-state index contributed by atoms with van der Waals surface area (Å²) < 4.78 is 2.01. The van der Waals surface area contributed by atoms with Gasteiger partial charge in [0, 0.05) is 18.4 Å². The first kappa shape index (κ1) is 10.9. The molecule has 0 spiro atoms. The van der Waals surface area contributed by atoms with Crippen LogP contribution in [-0.4, -0.2) is 16.8 Å². The van der Waals surface area contributed by atoms with Gasteiger partial charge in [0.25, 0.3) is 0 Å². The van der Waals surface area contributed by atoms with E-state index >= 15 is 0 Å². The van der Waals surface area contributed by atoms with E-state index in [0.29, 0.717) is 0 Å². The first-order valence-electron chi connectivity index (χ1n) is 5.50. The van der Waals surface area contributed by atoms with Crippen LogP contribution < -0.4 is 5.32 Å². The third-order valence-electron chi connectivity index (χ3n) is 2.67. The lowest BCUT2D eigenvalue weighted by Gasteiger charge is -2.06. The van der Waals surface area contributed by atoms with E-state index < -0.39 is 0 Å². The predicted octanol–water partition coefficient (Wildman–Crippen LogP) is 1.96. The normalized spacial score (nSPS) is 10.6. The minimum atomic E-state index is 0.846. The molecule has 0 aliphatic rings. The molecule has 16 heavy (non-hydrogen) atoms. The summed E-state index contributed by atoms with van der Waals surface area (Å²) >= 11 is 0. The molecular weight excluding hydrogens is 198 g/mol. The Hall–Kier alpha value is -1.61. The van der Waals surface area contributed by atoms with Crippen molar-refractivity contribution in [3.63, 3.8) is 0 Å². The van der Waals surface area contributed by atoms with Gasteiger partial charge < -0.3 is 5.32 Å². The highest BCUT2D eigenvalue weighted by atomic mass is 15.3. The minimum absolute atomic E-state index is 0.846. The highest BCUT2D eigenvalue weighted by Crippen LogP contribution is 2.07. The Morgan fingerprint density at radius 1 is 1.12 bits per heavy atom. The Morgan fingerprint density at radius 3 is 2.38 bits per heavy atom. The number of aryl methyl sites for hydroxylation is 1. The molecule has 1 heterocycles. The zero-order valence-corrected chi connectivity index (χ0v) is 9.77. The number of nitrogens with one attached hydrogen (secondary N) is 1. The zero-order valence-electron chi connectivity index (χ0n) is 9.77. The van der Waals surface area contributed by atoms with Crippen molar-refractivity contribution in [1.29, 1.82) is 0 Å². The predicted molar refractivity (Wildman–Crippen MR) is 65.3 cm³/mol. The molecule has 0 amide bonds. The van der Waals surface area contributed by atoms with Crippen molar-refractivity contribution in [2.24, 2.45) is 0 Å². The molecule has 1 aromatic heterocycles. The van der Waals surface area contributed by atoms with Crippen LogP contribution in [0.2, 0.25) is 0 Å². The quantitative estimate of drug-likeness (QED) is 0.845. The van der Waals surface area contributed by atoms with Crippen LogP contribution in [0.5, 0.6) is 0 Å². The summed E-state index contributed by atoms with van der Waals surface area (Å²) in [6.45, 7) is 3.84. The highest BCUT2D eigenvalue weighted by Gasteiger charge is 1.99. The topological polar surface area (TPSA) is 29.9 Å². The lowest BCUT2D eigenvalue weighted by atomic mass is 10.1. The van der Waals surface area contributed by atoms with Gasteiger partial charge in [-0.1, -0.05) is 24.3 Å². The summed E-state index contributed by atoms with van der Waals surface area (Å²) in [6.07, 6.45) is 1.84. The summed E-state index contributed by atoms with van der Waals surface area (Å²) in [5, 5.41) is 7.41. The molecule has 0 unspecified atom stereocenters. The van der Waals surface area contributed by atoms with Gasteiger partial charge in [-0.2, -0.15) is 5.10 Å². The van der Waals surface area contributed by atoms with Gasteiger partial charge in [-0.3, -0.25) is 4.68 Å². The molecule has 0 bridgehead atoms. The smallest absolute Gasteiger partial charge is 0.0662 e. The van der Waals surface area contributed by atoms with Gasteiger partial charge >= 0.3 is 0 Å². The lowest BCUT2D eigenvalue weighted by molar-refractivity contribution is 0.665. The van der Waals surface area contributed by atoms with Gasteiger partial charge in [0.2, 0.25) is 0 Å². The Labute approximate surface area is 96.1 Å². The first-order valence-corrected chi connectivity index (χ1v) is 5.50. The van der Waals surface area contributed by atoms with Crippen LogP contribution in [0.4, 0.5) is 0 Å². The highest BCUT2D eigenvalue weighted by molar-refractivity contribution is 5.22. The van der Waals surface area contributed by atoms with Crippen LogP contribution in [0.25, 0.3) is 0 Å². The van der Waals surface area contributed by atoms with Crippen molar-refractivity contribution in [2.75, 3.05) is 7.05 Å². The van der Waals surface area contributed by atoms with E-state index in [4.69, 9.17) is 0 Å². The molecule has 0 saturated heterocycles. The van der Waals surface area contributed by atoms with Gasteiger partial charge in [0.15, 0.2) is 0 Å². The fourth-order valence-electron chi connectivity index (χ4n) is 1.70. The molecule has 2 aromatic rings. The van der Waals surface area contributed by atoms with Crippen LogP contribution in [0.1, 0.15) is 16.8 Å². The molecule has 1 aromatic carbocycles. The largest absolute Gasteiger partial charge is 0.316 e. The maximum atomic E-state index is 4.27. The molecule has 1 N–H and O–H groups in total. The van der Waals surface area contributed by atoms with Crippen LogP contribution >= 0.6 is 0 Å². The second-order valence-corrected chi connectivity index (χ2v) is 3.98. The maximum Gasteiger partial charge on any atom is 0.0662 e. The van der Waals surface area contributed by atoms with Crippen LogP contribution in [0.15, 0.2) is 36.5 Å². The van der Waals surface area contributed by atoms with Gasteiger partial charge in [-0.15, -0.1) is 0 Å². The monoisotopic (exact) mass is 215 g/mol. The van der Waals surface area contributed by atoms with Crippen LogP contribution in [0.3, 0.4) is 0 Å². The first-order chi connectivity index (χ1) is 7.79. The number of aromatic nitrogens is 2. The van der Waals surface area contributed by atoms with E-state index in [1.54, 1.807) is 0 Å². The molecule has 3 heteroatoms. The molecule has 0 saturated carbocycles. The summed E-state index contributed by atoms with van der Waals surface area (Å²) in [4.78, 5) is 0. The maximum absolute atomic E-state index is 4.27. The molecule has 84 valence electrons. The molecule has 0 atom stereocenters. The Kier molecular flexibility index (Phi) is 3.37. The van der Waals surface area contributed by atoms with Crippen LogP contribution in [0, 0.1) is 6.92 Å². The number of nitrogens with zero attached hydrogens (tertiary/aromatic N) is 2. The fraction of sp³-hybridized carbons (Fsp3) is 0.308. The summed E-state index contributed by atoms with van der Waals surface area (Å²) in [6, 6.07) is 10.7. The third kappa shape index (κ3) is 2.49. The van der Waals surface area contributed by atoms with Crippen molar-refractivity contribution in [1.82, 2.24) is 15.1 Å². The van der Waals surface area contributed by atoms with E-state index in [1.807, 2.05) is 24.0 Å². The van der Waals surface area contributed by atoms with Gasteiger partial charge in [0.1, 0.15) is 0 Å².